The van der Waals surface area contributed by atoms with Crippen molar-refractivity contribution in [3.05, 3.63) is 58.6 Å². The van der Waals surface area contributed by atoms with Crippen LogP contribution in [0.1, 0.15) is 0 Å². The third-order valence-electron chi connectivity index (χ3n) is 3.03. The number of aromatic hydroxyl groups is 1. The second-order valence-electron chi connectivity index (χ2n) is 4.20. The monoisotopic (exact) mass is 254 g/mol. The molecule has 0 aliphatic carbocycles. The summed E-state index contributed by atoms with van der Waals surface area (Å²) in [5.74, 6) is 0.107. The van der Waals surface area contributed by atoms with E-state index in [1.165, 1.54) is 12.1 Å². The van der Waals surface area contributed by atoms with E-state index in [4.69, 9.17) is 0 Å². The molecular weight excluding hydrogens is 244 g/mol. The first-order valence-electron chi connectivity index (χ1n) is 5.71. The van der Waals surface area contributed by atoms with Gasteiger partial charge in [-0.1, -0.05) is 30.3 Å². The van der Waals surface area contributed by atoms with E-state index in [1.807, 2.05) is 30.3 Å². The number of rotatable bonds is 2. The molecule has 0 unspecified atom stereocenters. The number of nitrogens with zero attached hydrogens (tertiary/aromatic N) is 1. The van der Waals surface area contributed by atoms with Crippen molar-refractivity contribution in [1.82, 2.24) is 4.98 Å². The van der Waals surface area contributed by atoms with Gasteiger partial charge in [0.15, 0.2) is 0 Å². The summed E-state index contributed by atoms with van der Waals surface area (Å²) in [7, 11) is 0. The number of fused-ring (bicyclic) bond motifs is 1. The number of benzene rings is 2. The number of aromatic amines is 1. The van der Waals surface area contributed by atoms with Crippen molar-refractivity contribution in [3.63, 3.8) is 0 Å². The third kappa shape index (κ3) is 1.81. The van der Waals surface area contributed by atoms with Gasteiger partial charge in [0.1, 0.15) is 5.75 Å². The lowest BCUT2D eigenvalue weighted by molar-refractivity contribution is -0.384. The molecular formula is C14H10N2O3. The molecule has 3 rings (SSSR count). The van der Waals surface area contributed by atoms with Gasteiger partial charge in [-0.3, -0.25) is 10.1 Å². The molecule has 0 radical (unpaired) electrons. The van der Waals surface area contributed by atoms with E-state index in [1.54, 1.807) is 6.07 Å². The lowest BCUT2D eigenvalue weighted by atomic mass is 10.1. The van der Waals surface area contributed by atoms with Crippen molar-refractivity contribution < 1.29 is 10.0 Å². The number of nitro groups is 1. The normalized spacial score (nSPS) is 10.7. The van der Waals surface area contributed by atoms with E-state index in [9.17, 15) is 15.2 Å². The fourth-order valence-corrected chi connectivity index (χ4v) is 2.10. The average molecular weight is 254 g/mol. The molecule has 0 fully saturated rings. The highest BCUT2D eigenvalue weighted by Gasteiger charge is 2.14. The van der Waals surface area contributed by atoms with Crippen LogP contribution in [0.2, 0.25) is 0 Å². The molecule has 0 atom stereocenters. The smallest absolute Gasteiger partial charge is 0.271 e. The maximum absolute atomic E-state index is 10.7. The summed E-state index contributed by atoms with van der Waals surface area (Å²) in [4.78, 5) is 13.3. The number of aromatic nitrogens is 1. The lowest BCUT2D eigenvalue weighted by Gasteiger charge is -1.97. The van der Waals surface area contributed by atoms with Crippen LogP contribution < -0.4 is 0 Å². The first kappa shape index (κ1) is 11.3. The quantitative estimate of drug-likeness (QED) is 0.543. The highest BCUT2D eigenvalue weighted by molar-refractivity contribution is 5.94. The molecule has 5 heteroatoms. The Balaban J connectivity index is 2.23. The van der Waals surface area contributed by atoms with E-state index in [0.29, 0.717) is 16.6 Å². The van der Waals surface area contributed by atoms with Gasteiger partial charge in [-0.15, -0.1) is 0 Å². The maximum Gasteiger partial charge on any atom is 0.271 e. The van der Waals surface area contributed by atoms with Crippen molar-refractivity contribution in [2.45, 2.75) is 0 Å². The first-order valence-corrected chi connectivity index (χ1v) is 5.71. The molecule has 94 valence electrons. The van der Waals surface area contributed by atoms with Gasteiger partial charge >= 0.3 is 0 Å². The molecule has 0 saturated heterocycles. The molecule has 19 heavy (non-hydrogen) atoms. The molecule has 0 spiro atoms. The van der Waals surface area contributed by atoms with Crippen LogP contribution in [-0.4, -0.2) is 15.0 Å². The average Bonchev–Trinajstić information content (AvgIpc) is 2.76. The SMILES string of the molecule is O=[N+]([O-])c1ccc2c(O)c(-c3ccccc3)[nH]c2c1. The lowest BCUT2D eigenvalue weighted by Crippen LogP contribution is -1.86. The van der Waals surface area contributed by atoms with Crippen LogP contribution >= 0.6 is 0 Å². The summed E-state index contributed by atoms with van der Waals surface area (Å²) in [5, 5.41) is 21.5. The van der Waals surface area contributed by atoms with Crippen molar-refractivity contribution in [2.24, 2.45) is 0 Å². The Labute approximate surface area is 108 Å². The first-order chi connectivity index (χ1) is 9.16. The largest absolute Gasteiger partial charge is 0.505 e. The highest BCUT2D eigenvalue weighted by Crippen LogP contribution is 2.36. The predicted octanol–water partition coefficient (Wildman–Crippen LogP) is 3.45. The number of hydrogen-bond acceptors (Lipinski definition) is 3. The number of nitro benzene ring substituents is 1. The standard InChI is InChI=1S/C14H10N2O3/c17-14-11-7-6-10(16(18)19)8-12(11)15-13(14)9-4-2-1-3-5-9/h1-8,15,17H. The maximum atomic E-state index is 10.7. The zero-order valence-corrected chi connectivity index (χ0v) is 9.83. The molecule has 0 saturated carbocycles. The molecule has 0 amide bonds. The van der Waals surface area contributed by atoms with Gasteiger partial charge in [-0.2, -0.15) is 0 Å². The molecule has 2 N–H and O–H groups in total. The Morgan fingerprint density at radius 1 is 1.11 bits per heavy atom. The third-order valence-corrected chi connectivity index (χ3v) is 3.03. The van der Waals surface area contributed by atoms with Gasteiger partial charge in [0.2, 0.25) is 0 Å². The van der Waals surface area contributed by atoms with Crippen molar-refractivity contribution in [1.29, 1.82) is 0 Å². The summed E-state index contributed by atoms with van der Waals surface area (Å²) < 4.78 is 0. The van der Waals surface area contributed by atoms with E-state index >= 15 is 0 Å². The molecule has 0 aliphatic heterocycles. The molecule has 0 aliphatic rings. The molecule has 2 aromatic carbocycles. The van der Waals surface area contributed by atoms with Crippen LogP contribution in [0.5, 0.6) is 5.75 Å². The van der Waals surface area contributed by atoms with Crippen molar-refractivity contribution in [2.75, 3.05) is 0 Å². The van der Waals surface area contributed by atoms with Gasteiger partial charge in [0, 0.05) is 23.1 Å². The highest BCUT2D eigenvalue weighted by atomic mass is 16.6. The number of H-pyrrole nitrogens is 1. The van der Waals surface area contributed by atoms with Gasteiger partial charge in [-0.25, -0.2) is 0 Å². The van der Waals surface area contributed by atoms with Crippen LogP contribution in [0.25, 0.3) is 22.2 Å². The van der Waals surface area contributed by atoms with Crippen molar-refractivity contribution >= 4 is 16.6 Å². The van der Waals surface area contributed by atoms with Crippen LogP contribution in [0.15, 0.2) is 48.5 Å². The number of nitrogens with one attached hydrogen (secondary N) is 1. The zero-order valence-electron chi connectivity index (χ0n) is 9.83. The molecule has 1 aromatic heterocycles. The minimum absolute atomic E-state index is 0.00615. The van der Waals surface area contributed by atoms with Gasteiger partial charge in [0.25, 0.3) is 5.69 Å². The Morgan fingerprint density at radius 3 is 2.53 bits per heavy atom. The fourth-order valence-electron chi connectivity index (χ4n) is 2.10. The molecule has 1 heterocycles. The number of hydrogen-bond donors (Lipinski definition) is 2. The van der Waals surface area contributed by atoms with E-state index in [2.05, 4.69) is 4.98 Å². The summed E-state index contributed by atoms with van der Waals surface area (Å²) in [6.07, 6.45) is 0. The van der Waals surface area contributed by atoms with E-state index in [-0.39, 0.29) is 11.4 Å². The molecule has 3 aromatic rings. The van der Waals surface area contributed by atoms with Gasteiger partial charge < -0.3 is 10.1 Å². The minimum Gasteiger partial charge on any atom is -0.505 e. The second-order valence-corrected chi connectivity index (χ2v) is 4.20. The minimum atomic E-state index is -0.459. The summed E-state index contributed by atoms with van der Waals surface area (Å²) in [6, 6.07) is 13.7. The van der Waals surface area contributed by atoms with E-state index < -0.39 is 4.92 Å². The Morgan fingerprint density at radius 2 is 1.84 bits per heavy atom. The topological polar surface area (TPSA) is 79.2 Å². The van der Waals surface area contributed by atoms with Crippen molar-refractivity contribution in [3.8, 4) is 17.0 Å². The molecule has 0 bridgehead atoms. The summed E-state index contributed by atoms with van der Waals surface area (Å²) in [6.45, 7) is 0. The zero-order chi connectivity index (χ0) is 13.4. The Hall–Kier alpha value is -2.82. The van der Waals surface area contributed by atoms with E-state index in [0.717, 1.165) is 5.56 Å². The van der Waals surface area contributed by atoms with Crippen LogP contribution in [0.3, 0.4) is 0 Å². The number of non-ortho nitro benzene ring substituents is 1. The predicted molar refractivity (Wildman–Crippen MR) is 72.1 cm³/mol. The van der Waals surface area contributed by atoms with Crippen LogP contribution in [0.4, 0.5) is 5.69 Å². The summed E-state index contributed by atoms with van der Waals surface area (Å²) >= 11 is 0. The van der Waals surface area contributed by atoms with Crippen LogP contribution in [0, 0.1) is 10.1 Å². The fraction of sp³-hybridized carbons (Fsp3) is 0. The second kappa shape index (κ2) is 4.13. The molecule has 5 nitrogen and oxygen atoms in total. The Kier molecular flexibility index (Phi) is 2.45. The van der Waals surface area contributed by atoms with Crippen LogP contribution in [-0.2, 0) is 0 Å². The Bertz CT molecular complexity index is 763. The van der Waals surface area contributed by atoms with Gasteiger partial charge in [0.05, 0.1) is 16.1 Å². The summed E-state index contributed by atoms with van der Waals surface area (Å²) in [5.41, 5.74) is 1.94. The van der Waals surface area contributed by atoms with Gasteiger partial charge in [-0.05, 0) is 6.07 Å².